The zero-order valence-corrected chi connectivity index (χ0v) is 22.9. The van der Waals surface area contributed by atoms with E-state index in [-0.39, 0.29) is 12.5 Å². The molecule has 3 heterocycles. The number of aryl methyl sites for hydroxylation is 2. The second-order valence-corrected chi connectivity index (χ2v) is 9.89. The molecule has 4 aromatic rings. The monoisotopic (exact) mass is 528 g/mol. The highest BCUT2D eigenvalue weighted by Crippen LogP contribution is 2.33. The Balaban J connectivity index is 1.55. The highest BCUT2D eigenvalue weighted by atomic mass is 16.7. The Morgan fingerprint density at radius 3 is 2.49 bits per heavy atom. The number of aliphatic hydroxyl groups is 1. The van der Waals surface area contributed by atoms with Gasteiger partial charge in [-0.25, -0.2) is 10.0 Å². The molecule has 0 atom stereocenters. The lowest BCUT2D eigenvalue weighted by Crippen LogP contribution is -2.47. The van der Waals surface area contributed by atoms with Gasteiger partial charge < -0.3 is 10.0 Å². The number of rotatable bonds is 9. The molecule has 2 aromatic heterocycles. The lowest BCUT2D eigenvalue weighted by Gasteiger charge is -2.35. The van der Waals surface area contributed by atoms with E-state index in [1.807, 2.05) is 41.8 Å². The van der Waals surface area contributed by atoms with Gasteiger partial charge in [0.15, 0.2) is 5.65 Å². The number of hydrogen-bond acceptors (Lipinski definition) is 7. The molecule has 1 aliphatic heterocycles. The average molecular weight is 529 g/mol. The largest absolute Gasteiger partial charge is 0.395 e. The van der Waals surface area contributed by atoms with Crippen molar-refractivity contribution in [1.82, 2.24) is 24.6 Å². The van der Waals surface area contributed by atoms with Crippen molar-refractivity contribution in [3.8, 4) is 22.4 Å². The number of benzene rings is 2. The molecule has 5 rings (SSSR count). The van der Waals surface area contributed by atoms with Crippen LogP contribution < -0.4 is 4.90 Å². The molecule has 0 saturated carbocycles. The van der Waals surface area contributed by atoms with Crippen LogP contribution in [0.5, 0.6) is 0 Å². The van der Waals surface area contributed by atoms with Gasteiger partial charge in [0.2, 0.25) is 5.91 Å². The summed E-state index contributed by atoms with van der Waals surface area (Å²) in [6.45, 7) is 6.37. The van der Waals surface area contributed by atoms with Crippen molar-refractivity contribution in [2.45, 2.75) is 19.8 Å². The van der Waals surface area contributed by atoms with Gasteiger partial charge in [0, 0.05) is 63.4 Å². The van der Waals surface area contributed by atoms with Crippen LogP contribution in [0.15, 0.2) is 60.7 Å². The smallest absolute Gasteiger partial charge is 0.246 e. The third kappa shape index (κ3) is 5.80. The van der Waals surface area contributed by atoms with E-state index in [4.69, 9.17) is 14.9 Å². The van der Waals surface area contributed by atoms with Gasteiger partial charge in [-0.05, 0) is 24.5 Å². The summed E-state index contributed by atoms with van der Waals surface area (Å²) in [6, 6.07) is 20.7. The van der Waals surface area contributed by atoms with E-state index in [9.17, 15) is 9.90 Å². The number of aliphatic hydroxyl groups excluding tert-OH is 1. The first-order chi connectivity index (χ1) is 19.0. The minimum absolute atomic E-state index is 0.0621. The van der Waals surface area contributed by atoms with Crippen LogP contribution in [0.25, 0.3) is 28.0 Å². The number of fused-ring (bicyclic) bond motifs is 1. The van der Waals surface area contributed by atoms with E-state index < -0.39 is 0 Å². The van der Waals surface area contributed by atoms with E-state index in [2.05, 4.69) is 40.1 Å². The topological polar surface area (TPSA) is 86.4 Å². The molecule has 39 heavy (non-hydrogen) atoms. The second kappa shape index (κ2) is 11.9. The molecule has 1 amide bonds. The summed E-state index contributed by atoms with van der Waals surface area (Å²) in [5.74, 6) is 0.953. The van der Waals surface area contributed by atoms with Crippen LogP contribution in [-0.4, -0.2) is 89.1 Å². The molecule has 0 bridgehead atoms. The predicted molar refractivity (Wildman–Crippen MR) is 152 cm³/mol. The summed E-state index contributed by atoms with van der Waals surface area (Å²) in [5, 5.41) is 15.6. The predicted octanol–water partition coefficient (Wildman–Crippen LogP) is 3.44. The first-order valence-corrected chi connectivity index (χ1v) is 13.4. The number of aromatic nitrogens is 3. The number of amides is 1. The van der Waals surface area contributed by atoms with Crippen molar-refractivity contribution in [2.24, 2.45) is 0 Å². The van der Waals surface area contributed by atoms with E-state index >= 15 is 0 Å². The van der Waals surface area contributed by atoms with Crippen LogP contribution in [0, 0.1) is 6.92 Å². The lowest BCUT2D eigenvalue weighted by molar-refractivity contribution is -0.168. The van der Waals surface area contributed by atoms with Crippen molar-refractivity contribution >= 4 is 17.4 Å². The third-order valence-corrected chi connectivity index (χ3v) is 7.40. The summed E-state index contributed by atoms with van der Waals surface area (Å²) in [5.41, 5.74) is 6.78. The Bertz CT molecular complexity index is 1430. The first-order valence-electron chi connectivity index (χ1n) is 13.4. The molecule has 1 saturated heterocycles. The molecule has 0 unspecified atom stereocenters. The Morgan fingerprint density at radius 1 is 1.03 bits per heavy atom. The molecule has 1 N–H and O–H groups in total. The molecular weight excluding hydrogens is 492 g/mol. The minimum Gasteiger partial charge on any atom is -0.395 e. The third-order valence-electron chi connectivity index (χ3n) is 7.40. The molecule has 204 valence electrons. The maximum atomic E-state index is 12.3. The number of hydroxylamine groups is 2. The standard InChI is InChI=1S/C30H36N6O3/c1-22-29(25-11-7-8-23(20-25)12-13-28(38)33(2)39-3)30-31-26(24-9-5-4-6-10-24)21-27(36(30)32-22)35-16-14-34(15-17-35)18-19-37/h4-11,20-21,37H,12-19H2,1-3H3. The normalized spacial score (nSPS) is 14.2. The number of piperazine rings is 1. The van der Waals surface area contributed by atoms with Gasteiger partial charge in [-0.2, -0.15) is 9.61 Å². The maximum absolute atomic E-state index is 12.3. The molecule has 9 nitrogen and oxygen atoms in total. The van der Waals surface area contributed by atoms with E-state index in [0.717, 1.165) is 71.3 Å². The molecule has 0 aliphatic carbocycles. The van der Waals surface area contributed by atoms with Gasteiger partial charge in [0.05, 0.1) is 25.1 Å². The molecule has 2 aromatic carbocycles. The average Bonchev–Trinajstić information content (AvgIpc) is 3.31. The Labute approximate surface area is 229 Å². The summed E-state index contributed by atoms with van der Waals surface area (Å²) >= 11 is 0. The lowest BCUT2D eigenvalue weighted by atomic mass is 10.0. The van der Waals surface area contributed by atoms with Gasteiger partial charge in [-0.3, -0.25) is 14.5 Å². The Kier molecular flexibility index (Phi) is 8.21. The van der Waals surface area contributed by atoms with E-state index in [0.29, 0.717) is 19.4 Å². The zero-order chi connectivity index (χ0) is 27.4. The first kappa shape index (κ1) is 26.8. The van der Waals surface area contributed by atoms with Gasteiger partial charge in [-0.15, -0.1) is 0 Å². The quantitative estimate of drug-likeness (QED) is 0.333. The molecule has 0 spiro atoms. The summed E-state index contributed by atoms with van der Waals surface area (Å²) < 4.78 is 1.97. The minimum atomic E-state index is -0.0621. The SMILES string of the molecule is CON(C)C(=O)CCc1cccc(-c2c(C)nn3c(N4CCN(CCO)CC4)cc(-c4ccccc4)nc23)c1. The highest BCUT2D eigenvalue weighted by molar-refractivity contribution is 5.83. The van der Waals surface area contributed by atoms with Crippen molar-refractivity contribution in [3.63, 3.8) is 0 Å². The highest BCUT2D eigenvalue weighted by Gasteiger charge is 2.23. The van der Waals surface area contributed by atoms with Crippen molar-refractivity contribution in [3.05, 3.63) is 71.9 Å². The zero-order valence-electron chi connectivity index (χ0n) is 22.9. The van der Waals surface area contributed by atoms with E-state index in [1.54, 1.807) is 7.05 Å². The Morgan fingerprint density at radius 2 is 1.77 bits per heavy atom. The summed E-state index contributed by atoms with van der Waals surface area (Å²) in [6.07, 6.45) is 0.981. The summed E-state index contributed by atoms with van der Waals surface area (Å²) in [4.78, 5) is 27.1. The van der Waals surface area contributed by atoms with Gasteiger partial charge in [0.25, 0.3) is 0 Å². The van der Waals surface area contributed by atoms with Crippen LogP contribution in [-0.2, 0) is 16.1 Å². The fourth-order valence-electron chi connectivity index (χ4n) is 5.16. The number of nitrogens with zero attached hydrogens (tertiary/aromatic N) is 6. The fourth-order valence-corrected chi connectivity index (χ4v) is 5.16. The van der Waals surface area contributed by atoms with Crippen LogP contribution in [0.1, 0.15) is 17.7 Å². The van der Waals surface area contributed by atoms with E-state index in [1.165, 1.54) is 12.2 Å². The maximum Gasteiger partial charge on any atom is 0.246 e. The van der Waals surface area contributed by atoms with Gasteiger partial charge >= 0.3 is 0 Å². The summed E-state index contributed by atoms with van der Waals surface area (Å²) in [7, 11) is 3.12. The number of anilines is 1. The number of hydrogen-bond donors (Lipinski definition) is 1. The van der Waals surface area contributed by atoms with Gasteiger partial charge in [0.1, 0.15) is 5.82 Å². The van der Waals surface area contributed by atoms with Crippen molar-refractivity contribution < 1.29 is 14.7 Å². The van der Waals surface area contributed by atoms with Crippen molar-refractivity contribution in [2.75, 3.05) is 58.4 Å². The van der Waals surface area contributed by atoms with Crippen LogP contribution >= 0.6 is 0 Å². The van der Waals surface area contributed by atoms with Crippen LogP contribution in [0.2, 0.25) is 0 Å². The van der Waals surface area contributed by atoms with Gasteiger partial charge in [-0.1, -0.05) is 54.6 Å². The van der Waals surface area contributed by atoms with Crippen LogP contribution in [0.4, 0.5) is 5.82 Å². The molecule has 1 fully saturated rings. The molecule has 9 heteroatoms. The number of β-amino-alcohol motifs (C(OH)–C–C–N with tert-alkyl or cyclic N) is 1. The number of carbonyl (C=O) groups is 1. The second-order valence-electron chi connectivity index (χ2n) is 9.89. The van der Waals surface area contributed by atoms with Crippen LogP contribution in [0.3, 0.4) is 0 Å². The molecular formula is C30H36N6O3. The molecule has 1 aliphatic rings. The Hall–Kier alpha value is -3.79. The fraction of sp³-hybridized carbons (Fsp3) is 0.367. The molecule has 0 radical (unpaired) electrons. The number of carbonyl (C=O) groups excluding carboxylic acids is 1. The van der Waals surface area contributed by atoms with Crippen molar-refractivity contribution in [1.29, 1.82) is 0 Å².